The first kappa shape index (κ1) is 35.9. The Labute approximate surface area is 230 Å². The summed E-state index contributed by atoms with van der Waals surface area (Å²) in [6.45, 7) is 6.94. The Hall–Kier alpha value is -0.100. The molecule has 0 aromatic rings. The van der Waals surface area contributed by atoms with E-state index in [-0.39, 0.29) is 5.97 Å². The molecule has 0 radical (unpaired) electrons. The van der Waals surface area contributed by atoms with Crippen LogP contribution in [-0.2, 0) is 9.32 Å². The quantitative estimate of drug-likeness (QED) is 0.0687. The predicted octanol–water partition coefficient (Wildman–Crippen LogP) is 12.3. The normalized spacial score (nSPS) is 11.8. The average Bonchev–Trinajstić information content (AvgIpc) is 2.86. The van der Waals surface area contributed by atoms with Crippen molar-refractivity contribution in [3.8, 4) is 0 Å². The Kier molecular flexibility index (Phi) is 31.0. The highest BCUT2D eigenvalue weighted by molar-refractivity contribution is 7.32. The first-order valence-electron chi connectivity index (χ1n) is 16.6. The van der Waals surface area contributed by atoms with Gasteiger partial charge in [-0.2, -0.15) is 0 Å². The van der Waals surface area contributed by atoms with Crippen LogP contribution in [0.5, 0.6) is 0 Å². The minimum absolute atomic E-state index is 0.0384. The molecule has 0 aliphatic rings. The first-order chi connectivity index (χ1) is 17.7. The molecule has 0 aliphatic carbocycles. The monoisotopic (exact) mass is 526 g/mol. The minimum Gasteiger partial charge on any atom is -0.448 e. The van der Waals surface area contributed by atoms with E-state index in [1.807, 2.05) is 0 Å². The van der Waals surface area contributed by atoms with Crippen molar-refractivity contribution in [3.63, 3.8) is 0 Å². The standard InChI is InChI=1S/C33H67O2P/c1-4-5-6-7-8-9-10-11-12-13-14-18-21-24-27-30-33(34)35-36-31-28-25-22-19-16-15-17-20-23-26-29-32(2)3/h32,36H,4-31H2,1-3H3. The summed E-state index contributed by atoms with van der Waals surface area (Å²) < 4.78 is 5.46. The Morgan fingerprint density at radius 1 is 0.528 bits per heavy atom. The van der Waals surface area contributed by atoms with E-state index < -0.39 is 0 Å². The van der Waals surface area contributed by atoms with Gasteiger partial charge in [-0.05, 0) is 18.8 Å². The molecule has 0 aliphatic heterocycles. The zero-order valence-electron chi connectivity index (χ0n) is 25.2. The lowest BCUT2D eigenvalue weighted by Crippen LogP contribution is -1.98. The van der Waals surface area contributed by atoms with Gasteiger partial charge < -0.3 is 4.52 Å². The van der Waals surface area contributed by atoms with Crippen LogP contribution in [0.1, 0.15) is 194 Å². The van der Waals surface area contributed by atoms with Crippen molar-refractivity contribution in [2.45, 2.75) is 194 Å². The topological polar surface area (TPSA) is 26.3 Å². The smallest absolute Gasteiger partial charge is 0.308 e. The molecule has 0 saturated carbocycles. The van der Waals surface area contributed by atoms with E-state index in [0.717, 1.165) is 18.5 Å². The second kappa shape index (κ2) is 31.1. The van der Waals surface area contributed by atoms with Crippen LogP contribution in [0.3, 0.4) is 0 Å². The molecule has 0 spiro atoms. The number of hydrogen-bond acceptors (Lipinski definition) is 2. The second-order valence-electron chi connectivity index (χ2n) is 11.8. The second-order valence-corrected chi connectivity index (χ2v) is 12.8. The maximum absolute atomic E-state index is 11.9. The van der Waals surface area contributed by atoms with Crippen LogP contribution in [0.25, 0.3) is 0 Å². The van der Waals surface area contributed by atoms with Crippen molar-refractivity contribution in [2.24, 2.45) is 5.92 Å². The van der Waals surface area contributed by atoms with Gasteiger partial charge in [-0.1, -0.05) is 175 Å². The van der Waals surface area contributed by atoms with Crippen LogP contribution in [0.2, 0.25) is 0 Å². The molecule has 1 atom stereocenters. The van der Waals surface area contributed by atoms with Crippen LogP contribution in [0, 0.1) is 5.92 Å². The SMILES string of the molecule is CCCCCCCCCCCCCCCCCC(=O)OPCCCCCCCCCCCCC(C)C. The van der Waals surface area contributed by atoms with E-state index in [9.17, 15) is 4.79 Å². The van der Waals surface area contributed by atoms with Crippen LogP contribution in [0.15, 0.2) is 0 Å². The zero-order chi connectivity index (χ0) is 26.4. The number of carbonyl (C=O) groups excluding carboxylic acids is 1. The summed E-state index contributed by atoms with van der Waals surface area (Å²) in [5.74, 6) is 0.907. The van der Waals surface area contributed by atoms with Gasteiger partial charge in [-0.15, -0.1) is 0 Å². The number of carbonyl (C=O) groups is 1. The van der Waals surface area contributed by atoms with Gasteiger partial charge in [0.25, 0.3) is 0 Å². The molecule has 0 N–H and O–H groups in total. The van der Waals surface area contributed by atoms with Gasteiger partial charge in [0.05, 0.1) is 8.81 Å². The first-order valence-corrected chi connectivity index (χ1v) is 17.7. The van der Waals surface area contributed by atoms with E-state index in [2.05, 4.69) is 20.8 Å². The third-order valence-electron chi connectivity index (χ3n) is 7.48. The lowest BCUT2D eigenvalue weighted by Gasteiger charge is -2.06. The summed E-state index contributed by atoms with van der Waals surface area (Å²) >= 11 is 0. The third-order valence-corrected chi connectivity index (χ3v) is 8.41. The molecule has 0 heterocycles. The van der Waals surface area contributed by atoms with E-state index in [1.54, 1.807) is 0 Å². The van der Waals surface area contributed by atoms with Gasteiger partial charge in [0, 0.05) is 12.6 Å². The summed E-state index contributed by atoms with van der Waals surface area (Å²) in [6.07, 6.45) is 37.3. The maximum atomic E-state index is 11.9. The molecule has 216 valence electrons. The average molecular weight is 527 g/mol. The van der Waals surface area contributed by atoms with Gasteiger partial charge in [-0.25, -0.2) is 0 Å². The van der Waals surface area contributed by atoms with Crippen LogP contribution in [0.4, 0.5) is 0 Å². The summed E-state index contributed by atoms with van der Waals surface area (Å²) in [4.78, 5) is 11.9. The zero-order valence-corrected chi connectivity index (χ0v) is 26.2. The van der Waals surface area contributed by atoms with Crippen molar-refractivity contribution < 1.29 is 9.32 Å². The molecule has 1 unspecified atom stereocenters. The van der Waals surface area contributed by atoms with E-state index >= 15 is 0 Å². The van der Waals surface area contributed by atoms with E-state index in [0.29, 0.717) is 15.2 Å². The fourth-order valence-electron chi connectivity index (χ4n) is 4.99. The molecule has 0 bridgehead atoms. The van der Waals surface area contributed by atoms with E-state index in [1.165, 1.54) is 161 Å². The van der Waals surface area contributed by atoms with Crippen molar-refractivity contribution in [2.75, 3.05) is 6.16 Å². The molecular formula is C33H67O2P. The summed E-state index contributed by atoms with van der Waals surface area (Å²) in [6, 6.07) is 0. The fourth-order valence-corrected chi connectivity index (χ4v) is 5.75. The summed E-state index contributed by atoms with van der Waals surface area (Å²) in [5, 5.41) is 0. The lowest BCUT2D eigenvalue weighted by atomic mass is 10.0. The Morgan fingerprint density at radius 2 is 0.889 bits per heavy atom. The minimum atomic E-state index is 0.0384. The number of rotatable bonds is 30. The number of unbranched alkanes of at least 4 members (excludes halogenated alkanes) is 23. The molecule has 0 amide bonds. The molecule has 0 aromatic carbocycles. The van der Waals surface area contributed by atoms with Crippen molar-refractivity contribution in [1.29, 1.82) is 0 Å². The highest BCUT2D eigenvalue weighted by atomic mass is 31.1. The molecule has 0 fully saturated rings. The highest BCUT2D eigenvalue weighted by Gasteiger charge is 2.03. The van der Waals surface area contributed by atoms with Gasteiger partial charge in [-0.3, -0.25) is 4.79 Å². The predicted molar refractivity (Wildman–Crippen MR) is 164 cm³/mol. The maximum Gasteiger partial charge on any atom is 0.308 e. The molecule has 0 rings (SSSR count). The largest absolute Gasteiger partial charge is 0.448 e. The Bertz CT molecular complexity index is 424. The van der Waals surface area contributed by atoms with E-state index in [4.69, 9.17) is 4.52 Å². The summed E-state index contributed by atoms with van der Waals surface area (Å²) in [7, 11) is 0.384. The van der Waals surface area contributed by atoms with Crippen LogP contribution in [-0.4, -0.2) is 12.1 Å². The molecule has 0 aromatic heterocycles. The van der Waals surface area contributed by atoms with Gasteiger partial charge in [0.2, 0.25) is 0 Å². The van der Waals surface area contributed by atoms with Crippen LogP contribution < -0.4 is 0 Å². The molecule has 3 heteroatoms. The van der Waals surface area contributed by atoms with Gasteiger partial charge >= 0.3 is 5.97 Å². The summed E-state index contributed by atoms with van der Waals surface area (Å²) in [5.41, 5.74) is 0. The molecule has 2 nitrogen and oxygen atoms in total. The fraction of sp³-hybridized carbons (Fsp3) is 0.970. The van der Waals surface area contributed by atoms with Crippen molar-refractivity contribution >= 4 is 14.8 Å². The van der Waals surface area contributed by atoms with Crippen molar-refractivity contribution in [1.82, 2.24) is 0 Å². The molecular weight excluding hydrogens is 459 g/mol. The molecule has 36 heavy (non-hydrogen) atoms. The van der Waals surface area contributed by atoms with Crippen LogP contribution >= 0.6 is 8.81 Å². The highest BCUT2D eigenvalue weighted by Crippen LogP contribution is 2.19. The molecule has 0 saturated heterocycles. The van der Waals surface area contributed by atoms with Gasteiger partial charge in [0.15, 0.2) is 0 Å². The number of hydrogen-bond donors (Lipinski definition) is 0. The van der Waals surface area contributed by atoms with Crippen molar-refractivity contribution in [3.05, 3.63) is 0 Å². The lowest BCUT2D eigenvalue weighted by molar-refractivity contribution is -0.133. The van der Waals surface area contributed by atoms with Gasteiger partial charge in [0.1, 0.15) is 0 Å². The Balaban J connectivity index is 3.15. The Morgan fingerprint density at radius 3 is 1.31 bits per heavy atom. The third kappa shape index (κ3) is 31.9.